The van der Waals surface area contributed by atoms with E-state index in [9.17, 15) is 5.11 Å². The van der Waals surface area contributed by atoms with Gasteiger partial charge in [0.05, 0.1) is 13.7 Å². The molecule has 0 amide bonds. The Labute approximate surface area is 188 Å². The first-order valence-electron chi connectivity index (χ1n) is 9.55. The summed E-state index contributed by atoms with van der Waals surface area (Å²) < 4.78 is 5.08. The number of guanidine groups is 1. The quantitative estimate of drug-likeness (QED) is 0.220. The van der Waals surface area contributed by atoms with Crippen LogP contribution < -0.4 is 15.4 Å². The zero-order chi connectivity index (χ0) is 19.9. The Bertz CT molecular complexity index is 969. The number of halogens is 1. The number of nitrogens with one attached hydrogen (secondary N) is 3. The van der Waals surface area contributed by atoms with Crippen molar-refractivity contribution >= 4 is 40.8 Å². The first kappa shape index (κ1) is 22.9. The van der Waals surface area contributed by atoms with Gasteiger partial charge in [-0.25, -0.2) is 4.99 Å². The van der Waals surface area contributed by atoms with Crippen molar-refractivity contribution in [2.75, 3.05) is 20.2 Å². The van der Waals surface area contributed by atoms with Gasteiger partial charge in [0.1, 0.15) is 0 Å². The highest BCUT2D eigenvalue weighted by atomic mass is 127. The molecule has 0 bridgehead atoms. The molecule has 0 aliphatic carbocycles. The lowest BCUT2D eigenvalue weighted by Crippen LogP contribution is -2.38. The predicted octanol–water partition coefficient (Wildman–Crippen LogP) is 4.11. The molecule has 1 aromatic heterocycles. The van der Waals surface area contributed by atoms with Crippen molar-refractivity contribution in [1.29, 1.82) is 0 Å². The largest absolute Gasteiger partial charge is 0.504 e. The topological polar surface area (TPSA) is 81.7 Å². The monoisotopic (exact) mass is 508 g/mol. The molecule has 1 heterocycles. The van der Waals surface area contributed by atoms with Crippen LogP contribution >= 0.6 is 24.0 Å². The maximum atomic E-state index is 9.90. The average Bonchev–Trinajstić information content (AvgIpc) is 3.08. The van der Waals surface area contributed by atoms with Gasteiger partial charge in [-0.1, -0.05) is 18.2 Å². The van der Waals surface area contributed by atoms with Gasteiger partial charge < -0.3 is 25.5 Å². The molecule has 0 aliphatic rings. The summed E-state index contributed by atoms with van der Waals surface area (Å²) in [5.74, 6) is 1.35. The van der Waals surface area contributed by atoms with Crippen LogP contribution in [0.15, 0.2) is 47.6 Å². The van der Waals surface area contributed by atoms with E-state index in [-0.39, 0.29) is 29.7 Å². The number of aromatic amines is 1. The minimum atomic E-state index is 0. The van der Waals surface area contributed by atoms with E-state index in [0.717, 1.165) is 31.0 Å². The molecule has 0 aliphatic heterocycles. The third-order valence-corrected chi connectivity index (χ3v) is 4.62. The number of aromatic hydroxyl groups is 1. The number of aromatic nitrogens is 1. The molecule has 0 atom stereocenters. The van der Waals surface area contributed by atoms with E-state index in [4.69, 9.17) is 4.74 Å². The Morgan fingerprint density at radius 2 is 2.00 bits per heavy atom. The van der Waals surface area contributed by atoms with E-state index in [1.165, 1.54) is 29.1 Å². The summed E-state index contributed by atoms with van der Waals surface area (Å²) in [5.41, 5.74) is 4.64. The molecule has 6 nitrogen and oxygen atoms in total. The van der Waals surface area contributed by atoms with Gasteiger partial charge in [-0.2, -0.15) is 0 Å². The number of ether oxygens (including phenoxy) is 1. The summed E-state index contributed by atoms with van der Waals surface area (Å²) in [6.07, 6.45) is 2.98. The number of nitrogens with zero attached hydrogens (tertiary/aromatic N) is 1. The average molecular weight is 508 g/mol. The molecule has 0 radical (unpaired) electrons. The fraction of sp³-hybridized carbons (Fsp3) is 0.318. The number of rotatable bonds is 7. The summed E-state index contributed by atoms with van der Waals surface area (Å²) in [7, 11) is 1.54. The minimum absolute atomic E-state index is 0. The normalized spacial score (nSPS) is 11.2. The van der Waals surface area contributed by atoms with Crippen molar-refractivity contribution in [2.24, 2.45) is 4.99 Å². The maximum Gasteiger partial charge on any atom is 0.191 e. The van der Waals surface area contributed by atoms with E-state index in [0.29, 0.717) is 12.3 Å². The van der Waals surface area contributed by atoms with Crippen LogP contribution in [-0.2, 0) is 13.0 Å². The number of phenolic OH excluding ortho intramolecular Hbond substituents is 1. The van der Waals surface area contributed by atoms with Crippen LogP contribution in [0.4, 0.5) is 0 Å². The standard InChI is InChI=1S/C22H28N4O2.HI/c1-4-23-22(26-13-16-6-8-21(28-3)20(27)12-16)24-10-9-17-14-25-19-11-15(2)5-7-18(17)19;/h5-8,11-12,14,25,27H,4,9-10,13H2,1-3H3,(H2,23,24,26);1H. The van der Waals surface area contributed by atoms with Gasteiger partial charge in [0.25, 0.3) is 0 Å². The van der Waals surface area contributed by atoms with Gasteiger partial charge in [-0.3, -0.25) is 0 Å². The fourth-order valence-corrected chi connectivity index (χ4v) is 3.17. The molecule has 0 fully saturated rings. The Morgan fingerprint density at radius 1 is 1.17 bits per heavy atom. The predicted molar refractivity (Wildman–Crippen MR) is 130 cm³/mol. The number of methoxy groups -OCH3 is 1. The molecule has 0 saturated carbocycles. The molecule has 0 spiro atoms. The number of hydrogen-bond donors (Lipinski definition) is 4. The van der Waals surface area contributed by atoms with Gasteiger partial charge in [0.2, 0.25) is 0 Å². The third-order valence-electron chi connectivity index (χ3n) is 4.62. The second-order valence-corrected chi connectivity index (χ2v) is 6.74. The lowest BCUT2D eigenvalue weighted by atomic mass is 10.1. The van der Waals surface area contributed by atoms with Crippen molar-refractivity contribution < 1.29 is 9.84 Å². The van der Waals surface area contributed by atoms with Crippen molar-refractivity contribution in [3.05, 3.63) is 59.3 Å². The van der Waals surface area contributed by atoms with Gasteiger partial charge in [-0.05, 0) is 55.2 Å². The first-order valence-corrected chi connectivity index (χ1v) is 9.55. The fourth-order valence-electron chi connectivity index (χ4n) is 3.17. The molecule has 4 N–H and O–H groups in total. The number of benzene rings is 2. The summed E-state index contributed by atoms with van der Waals surface area (Å²) in [6, 6.07) is 11.8. The number of aliphatic imine (C=N–C) groups is 1. The minimum Gasteiger partial charge on any atom is -0.504 e. The number of H-pyrrole nitrogens is 1. The third kappa shape index (κ3) is 6.03. The lowest BCUT2D eigenvalue weighted by Gasteiger charge is -2.11. The van der Waals surface area contributed by atoms with Crippen LogP contribution in [-0.4, -0.2) is 36.2 Å². The number of phenols is 1. The van der Waals surface area contributed by atoms with Crippen LogP contribution in [0, 0.1) is 6.92 Å². The molecule has 156 valence electrons. The number of hydrogen-bond acceptors (Lipinski definition) is 3. The Morgan fingerprint density at radius 3 is 2.72 bits per heavy atom. The van der Waals surface area contributed by atoms with Crippen LogP contribution in [0.5, 0.6) is 11.5 Å². The van der Waals surface area contributed by atoms with Crippen LogP contribution in [0.25, 0.3) is 10.9 Å². The second-order valence-electron chi connectivity index (χ2n) is 6.74. The van der Waals surface area contributed by atoms with Gasteiger partial charge >= 0.3 is 0 Å². The highest BCUT2D eigenvalue weighted by molar-refractivity contribution is 14.0. The second kappa shape index (κ2) is 10.9. The summed E-state index contributed by atoms with van der Waals surface area (Å²) in [4.78, 5) is 7.95. The molecule has 0 unspecified atom stereocenters. The van der Waals surface area contributed by atoms with Gasteiger partial charge in [0, 0.05) is 30.2 Å². The molecule has 7 heteroatoms. The van der Waals surface area contributed by atoms with Crippen molar-refractivity contribution in [3.8, 4) is 11.5 Å². The zero-order valence-electron chi connectivity index (χ0n) is 17.1. The Kier molecular flexibility index (Phi) is 8.63. The van der Waals surface area contributed by atoms with E-state index in [2.05, 4.69) is 51.9 Å². The SMILES string of the molecule is CCNC(=NCc1ccc(OC)c(O)c1)NCCc1c[nH]c2cc(C)ccc12.I. The highest BCUT2D eigenvalue weighted by Crippen LogP contribution is 2.26. The zero-order valence-corrected chi connectivity index (χ0v) is 19.4. The molecule has 2 aromatic carbocycles. The summed E-state index contributed by atoms with van der Waals surface area (Å²) >= 11 is 0. The highest BCUT2D eigenvalue weighted by Gasteiger charge is 2.05. The summed E-state index contributed by atoms with van der Waals surface area (Å²) in [5, 5.41) is 17.8. The smallest absolute Gasteiger partial charge is 0.191 e. The molecule has 3 aromatic rings. The van der Waals surface area contributed by atoms with E-state index < -0.39 is 0 Å². The van der Waals surface area contributed by atoms with Gasteiger partial charge in [0.15, 0.2) is 17.5 Å². The number of fused-ring (bicyclic) bond motifs is 1. The van der Waals surface area contributed by atoms with Crippen LogP contribution in [0.3, 0.4) is 0 Å². The van der Waals surface area contributed by atoms with Gasteiger partial charge in [-0.15, -0.1) is 24.0 Å². The molecular formula is C22H29IN4O2. The van der Waals surface area contributed by atoms with Crippen LogP contribution in [0.2, 0.25) is 0 Å². The maximum absolute atomic E-state index is 9.90. The molecular weight excluding hydrogens is 479 g/mol. The molecule has 0 saturated heterocycles. The van der Waals surface area contributed by atoms with E-state index in [1.54, 1.807) is 12.1 Å². The Balaban J connectivity index is 0.00000300. The number of aryl methyl sites for hydroxylation is 1. The Hall–Kier alpha value is -2.42. The van der Waals surface area contributed by atoms with Crippen molar-refractivity contribution in [3.63, 3.8) is 0 Å². The van der Waals surface area contributed by atoms with Crippen molar-refractivity contribution in [2.45, 2.75) is 26.8 Å². The summed E-state index contributed by atoms with van der Waals surface area (Å²) in [6.45, 7) is 6.17. The lowest BCUT2D eigenvalue weighted by molar-refractivity contribution is 0.373. The van der Waals surface area contributed by atoms with E-state index in [1.807, 2.05) is 13.0 Å². The van der Waals surface area contributed by atoms with Crippen molar-refractivity contribution in [1.82, 2.24) is 15.6 Å². The first-order chi connectivity index (χ1) is 13.6. The molecule has 29 heavy (non-hydrogen) atoms. The van der Waals surface area contributed by atoms with E-state index >= 15 is 0 Å². The molecule has 3 rings (SSSR count). The van der Waals surface area contributed by atoms with Crippen LogP contribution in [0.1, 0.15) is 23.6 Å².